The van der Waals surface area contributed by atoms with Gasteiger partial charge < -0.3 is 18.9 Å². The Morgan fingerprint density at radius 1 is 0.864 bits per heavy atom. The molecule has 3 atom stereocenters. The lowest BCUT2D eigenvalue weighted by Gasteiger charge is -2.32. The van der Waals surface area contributed by atoms with Gasteiger partial charge in [-0.1, -0.05) is 0 Å². The van der Waals surface area contributed by atoms with Gasteiger partial charge in [-0.15, -0.1) is 0 Å². The number of nitrogens with zero attached hydrogens (tertiary/aromatic N) is 1. The van der Waals surface area contributed by atoms with Crippen molar-refractivity contribution >= 4 is 29.6 Å². The minimum absolute atomic E-state index is 0.398. The van der Waals surface area contributed by atoms with Crippen molar-refractivity contribution in [3.63, 3.8) is 0 Å². The molecule has 122 valence electrons. The second kappa shape index (κ2) is 7.38. The molecule has 22 heavy (non-hydrogen) atoms. The zero-order valence-electron chi connectivity index (χ0n) is 12.4. The van der Waals surface area contributed by atoms with Gasteiger partial charge in [0.15, 0.2) is 11.8 Å². The van der Waals surface area contributed by atoms with E-state index in [1.165, 1.54) is 0 Å². The van der Waals surface area contributed by atoms with E-state index in [0.717, 1.165) is 28.4 Å². The minimum Gasteiger partial charge on any atom is -0.469 e. The van der Waals surface area contributed by atoms with E-state index < -0.39 is 47.5 Å². The molecule has 0 fully saturated rings. The molecule has 0 aromatic heterocycles. The van der Waals surface area contributed by atoms with Crippen LogP contribution in [0.1, 0.15) is 0 Å². The van der Waals surface area contributed by atoms with E-state index in [0.29, 0.717) is 0 Å². The zero-order chi connectivity index (χ0) is 16.9. The molecule has 10 heteroatoms. The van der Waals surface area contributed by atoms with Crippen molar-refractivity contribution in [1.29, 1.82) is 0 Å². The first-order valence-electron chi connectivity index (χ1n) is 6.07. The van der Waals surface area contributed by atoms with Crippen LogP contribution in [0.25, 0.3) is 0 Å². The van der Waals surface area contributed by atoms with E-state index in [1.54, 1.807) is 0 Å². The van der Waals surface area contributed by atoms with Crippen LogP contribution in [0.5, 0.6) is 0 Å². The SMILES string of the molecule is COC(=O)C1=NN[C@H](C(=O)OC)[C@H](C(=O)OC)[C@@H]1C(=O)OC. The van der Waals surface area contributed by atoms with Crippen LogP contribution in [0.3, 0.4) is 0 Å². The molecule has 0 spiro atoms. The van der Waals surface area contributed by atoms with Crippen LogP contribution in [0, 0.1) is 11.8 Å². The number of nitrogens with one attached hydrogen (secondary N) is 1. The van der Waals surface area contributed by atoms with Gasteiger partial charge in [0.25, 0.3) is 0 Å². The standard InChI is InChI=1S/C12H16N2O8/c1-19-9(15)5-6(10(16)20-2)8(12(18)22-4)14-13-7(5)11(17)21-3/h5-7,13H,1-4H3/t5-,6+,7+/m1/s1. The Hall–Kier alpha value is -2.65. The summed E-state index contributed by atoms with van der Waals surface area (Å²) >= 11 is 0. The van der Waals surface area contributed by atoms with E-state index in [1.807, 2.05) is 0 Å². The first-order valence-corrected chi connectivity index (χ1v) is 6.07. The number of hydrogen-bond acceptors (Lipinski definition) is 10. The van der Waals surface area contributed by atoms with E-state index in [4.69, 9.17) is 0 Å². The fraction of sp³-hybridized carbons (Fsp3) is 0.583. The van der Waals surface area contributed by atoms with Gasteiger partial charge in [0.2, 0.25) is 0 Å². The van der Waals surface area contributed by atoms with Crippen molar-refractivity contribution < 1.29 is 38.1 Å². The van der Waals surface area contributed by atoms with Crippen LogP contribution in [-0.2, 0) is 38.1 Å². The summed E-state index contributed by atoms with van der Waals surface area (Å²) in [6, 6.07) is -1.31. The third kappa shape index (κ3) is 3.15. The number of carbonyl (C=O) groups excluding carboxylic acids is 4. The molecule has 0 unspecified atom stereocenters. The molecule has 0 aromatic carbocycles. The molecular weight excluding hydrogens is 300 g/mol. The van der Waals surface area contributed by atoms with Crippen LogP contribution in [0.4, 0.5) is 0 Å². The number of esters is 4. The number of methoxy groups -OCH3 is 4. The first kappa shape index (κ1) is 17.4. The van der Waals surface area contributed by atoms with Gasteiger partial charge in [-0.25, -0.2) is 9.59 Å². The normalized spacial score (nSPS) is 23.5. The average Bonchev–Trinajstić information content (AvgIpc) is 2.57. The van der Waals surface area contributed by atoms with Crippen molar-refractivity contribution in [2.75, 3.05) is 28.4 Å². The minimum atomic E-state index is -1.46. The van der Waals surface area contributed by atoms with Crippen LogP contribution < -0.4 is 5.43 Å². The van der Waals surface area contributed by atoms with Gasteiger partial charge in [0, 0.05) is 0 Å². The molecule has 1 heterocycles. The highest BCUT2D eigenvalue weighted by Gasteiger charge is 2.52. The third-order valence-electron chi connectivity index (χ3n) is 3.12. The molecule has 0 aliphatic carbocycles. The van der Waals surface area contributed by atoms with Gasteiger partial charge in [-0.2, -0.15) is 5.10 Å². The van der Waals surface area contributed by atoms with Gasteiger partial charge in [0.05, 0.1) is 28.4 Å². The smallest absolute Gasteiger partial charge is 0.355 e. The lowest BCUT2D eigenvalue weighted by atomic mass is 9.81. The van der Waals surface area contributed by atoms with Gasteiger partial charge >= 0.3 is 23.9 Å². The monoisotopic (exact) mass is 316 g/mol. The summed E-state index contributed by atoms with van der Waals surface area (Å²) in [4.78, 5) is 47.5. The molecule has 0 aromatic rings. The molecule has 0 saturated heterocycles. The number of carbonyl (C=O) groups is 4. The molecule has 1 aliphatic rings. The predicted molar refractivity (Wildman–Crippen MR) is 69.4 cm³/mol. The van der Waals surface area contributed by atoms with Crippen molar-refractivity contribution in [2.45, 2.75) is 6.04 Å². The first-order chi connectivity index (χ1) is 10.4. The maximum absolute atomic E-state index is 12.0. The van der Waals surface area contributed by atoms with E-state index in [-0.39, 0.29) is 0 Å². The maximum atomic E-state index is 12.0. The molecular formula is C12H16N2O8. The van der Waals surface area contributed by atoms with Crippen LogP contribution >= 0.6 is 0 Å². The molecule has 0 saturated carbocycles. The Morgan fingerprint density at radius 3 is 1.86 bits per heavy atom. The Balaban J connectivity index is 3.38. The molecule has 1 rings (SSSR count). The number of hydrazone groups is 1. The summed E-state index contributed by atoms with van der Waals surface area (Å²) in [6.45, 7) is 0. The zero-order valence-corrected chi connectivity index (χ0v) is 12.4. The quantitative estimate of drug-likeness (QED) is 0.473. The summed E-state index contributed by atoms with van der Waals surface area (Å²) in [7, 11) is 4.33. The highest BCUT2D eigenvalue weighted by atomic mass is 16.5. The largest absolute Gasteiger partial charge is 0.469 e. The highest BCUT2D eigenvalue weighted by molar-refractivity contribution is 6.41. The Kier molecular flexibility index (Phi) is 5.84. The average molecular weight is 316 g/mol. The molecule has 10 nitrogen and oxygen atoms in total. The van der Waals surface area contributed by atoms with Gasteiger partial charge in [-0.3, -0.25) is 15.0 Å². The highest BCUT2D eigenvalue weighted by Crippen LogP contribution is 2.26. The van der Waals surface area contributed by atoms with Gasteiger partial charge in [0.1, 0.15) is 11.8 Å². The number of hydrogen-bond donors (Lipinski definition) is 1. The summed E-state index contributed by atoms with van der Waals surface area (Å²) in [5.41, 5.74) is 1.92. The third-order valence-corrected chi connectivity index (χ3v) is 3.12. The summed E-state index contributed by atoms with van der Waals surface area (Å²) in [5.74, 6) is -6.49. The molecule has 0 amide bonds. The van der Waals surface area contributed by atoms with E-state index in [2.05, 4.69) is 29.5 Å². The van der Waals surface area contributed by atoms with Crippen LogP contribution in [0.15, 0.2) is 5.10 Å². The summed E-state index contributed by atoms with van der Waals surface area (Å²) in [5, 5.41) is 3.65. The number of ether oxygens (including phenoxy) is 4. The fourth-order valence-electron chi connectivity index (χ4n) is 2.05. The molecule has 0 bridgehead atoms. The Labute approximate surface area is 125 Å². The van der Waals surface area contributed by atoms with Gasteiger partial charge in [-0.05, 0) is 0 Å². The predicted octanol–water partition coefficient (Wildman–Crippen LogP) is -1.76. The summed E-state index contributed by atoms with van der Waals surface area (Å²) < 4.78 is 18.2. The fourth-order valence-corrected chi connectivity index (χ4v) is 2.05. The van der Waals surface area contributed by atoms with Crippen molar-refractivity contribution in [3.05, 3.63) is 0 Å². The lowest BCUT2D eigenvalue weighted by Crippen LogP contribution is -2.57. The molecule has 1 N–H and O–H groups in total. The second-order valence-electron chi connectivity index (χ2n) is 4.17. The van der Waals surface area contributed by atoms with Crippen molar-refractivity contribution in [3.8, 4) is 0 Å². The van der Waals surface area contributed by atoms with E-state index >= 15 is 0 Å². The number of rotatable bonds is 4. The van der Waals surface area contributed by atoms with E-state index in [9.17, 15) is 19.2 Å². The van der Waals surface area contributed by atoms with Crippen LogP contribution in [-0.4, -0.2) is 64.1 Å². The maximum Gasteiger partial charge on any atom is 0.355 e. The Bertz CT molecular complexity index is 515. The van der Waals surface area contributed by atoms with Crippen molar-refractivity contribution in [2.24, 2.45) is 16.9 Å². The van der Waals surface area contributed by atoms with Crippen molar-refractivity contribution in [1.82, 2.24) is 5.43 Å². The summed E-state index contributed by atoms with van der Waals surface area (Å²) in [6.07, 6.45) is 0. The second-order valence-corrected chi connectivity index (χ2v) is 4.17. The Morgan fingerprint density at radius 2 is 1.41 bits per heavy atom. The molecule has 1 aliphatic heterocycles. The molecule has 0 radical (unpaired) electrons. The topological polar surface area (TPSA) is 130 Å². The lowest BCUT2D eigenvalue weighted by molar-refractivity contribution is -0.162. The van der Waals surface area contributed by atoms with Crippen LogP contribution in [0.2, 0.25) is 0 Å².